The van der Waals surface area contributed by atoms with Crippen molar-refractivity contribution in [3.05, 3.63) is 0 Å². The third-order valence-corrected chi connectivity index (χ3v) is 8.12. The smallest absolute Gasteiger partial charge is 0.187 e. The molecule has 0 aromatic rings. The van der Waals surface area contributed by atoms with Gasteiger partial charge in [0, 0.05) is 0 Å². The van der Waals surface area contributed by atoms with E-state index in [4.69, 9.17) is 33.2 Å². The van der Waals surface area contributed by atoms with Gasteiger partial charge in [0.2, 0.25) is 0 Å². The minimum Gasteiger partial charge on any atom is -0.394 e. The van der Waals surface area contributed by atoms with E-state index in [1.54, 1.807) is 0 Å². The summed E-state index contributed by atoms with van der Waals surface area (Å²) in [5.74, 6) is 0. The minimum absolute atomic E-state index is 0.476. The van der Waals surface area contributed by atoms with Gasteiger partial charge in [0.15, 0.2) is 18.9 Å². The van der Waals surface area contributed by atoms with E-state index in [0.29, 0.717) is 0 Å². The molecule has 4 heterocycles. The second kappa shape index (κ2) is 15.4. The molecule has 0 spiro atoms. The maximum Gasteiger partial charge on any atom is 0.187 e. The van der Waals surface area contributed by atoms with Gasteiger partial charge in [0.25, 0.3) is 0 Å². The molecule has 0 aromatic heterocycles. The fourth-order valence-corrected chi connectivity index (χ4v) is 5.36. The Balaban J connectivity index is 1.43. The van der Waals surface area contributed by atoms with Crippen molar-refractivity contribution >= 4 is 0 Å². The van der Waals surface area contributed by atoms with Crippen molar-refractivity contribution in [1.29, 1.82) is 0 Å². The fourth-order valence-electron chi connectivity index (χ4n) is 5.36. The highest BCUT2D eigenvalue weighted by molar-refractivity contribution is 4.95. The Morgan fingerprint density at radius 1 is 0.364 bits per heavy atom. The van der Waals surface area contributed by atoms with Crippen LogP contribution in [0.2, 0.25) is 0 Å². The van der Waals surface area contributed by atoms with Crippen molar-refractivity contribution in [3.8, 4) is 0 Å². The number of ether oxygens (including phenoxy) is 7. The first-order chi connectivity index (χ1) is 20.8. The van der Waals surface area contributed by atoms with Crippen LogP contribution in [0.25, 0.3) is 0 Å². The first kappa shape index (κ1) is 36.0. The summed E-state index contributed by atoms with van der Waals surface area (Å²) in [6.45, 7) is -3.31. The standard InChI is InChI=1S/C24H42O20/c25-1-6-11(28)14(31)9(40-6)4-38-22-19(36)17(34)15(32)10(43-22)5-39-24-21(18(35)13(30)8(3-27)42-24)44-23-20(37)16(33)12(29)7(2-26)41-23/h6-37H,1-5H2/t6-,7-,8-,9-,10-,11-,12-,13-,14-,15-,16+,17+,18+,19+,20+,21+,22+,23-,24+/m1/s1. The highest BCUT2D eigenvalue weighted by Gasteiger charge is 2.52. The van der Waals surface area contributed by atoms with E-state index in [1.165, 1.54) is 0 Å². The van der Waals surface area contributed by atoms with Crippen LogP contribution < -0.4 is 0 Å². The second-order valence-electron chi connectivity index (χ2n) is 11.1. The third-order valence-electron chi connectivity index (χ3n) is 8.12. The lowest BCUT2D eigenvalue weighted by atomic mass is 9.97. The lowest BCUT2D eigenvalue weighted by molar-refractivity contribution is -0.373. The predicted molar refractivity (Wildman–Crippen MR) is 133 cm³/mol. The highest BCUT2D eigenvalue weighted by atomic mass is 16.8. The predicted octanol–water partition coefficient (Wildman–Crippen LogP) is -9.07. The van der Waals surface area contributed by atoms with E-state index in [-0.39, 0.29) is 0 Å². The Kier molecular flexibility index (Phi) is 12.6. The van der Waals surface area contributed by atoms with Crippen molar-refractivity contribution in [3.63, 3.8) is 0 Å². The molecular formula is C24H42O20. The Morgan fingerprint density at radius 2 is 0.727 bits per heavy atom. The molecule has 0 aromatic carbocycles. The van der Waals surface area contributed by atoms with Crippen molar-refractivity contribution in [2.45, 2.75) is 117 Å². The molecule has 4 saturated heterocycles. The van der Waals surface area contributed by atoms with Crippen molar-refractivity contribution in [1.82, 2.24) is 0 Å². The van der Waals surface area contributed by atoms with E-state index < -0.39 is 150 Å². The fraction of sp³-hybridized carbons (Fsp3) is 1.00. The molecule has 0 aliphatic carbocycles. The summed E-state index contributed by atoms with van der Waals surface area (Å²) in [6.07, 6.45) is -30.7. The van der Waals surface area contributed by atoms with Crippen LogP contribution >= 0.6 is 0 Å². The average Bonchev–Trinajstić information content (AvgIpc) is 3.29. The van der Waals surface area contributed by atoms with Gasteiger partial charge in [-0.15, -0.1) is 0 Å². The van der Waals surface area contributed by atoms with Crippen LogP contribution in [0.15, 0.2) is 0 Å². The van der Waals surface area contributed by atoms with Crippen LogP contribution in [0.5, 0.6) is 0 Å². The number of hydrogen-bond acceptors (Lipinski definition) is 20. The van der Waals surface area contributed by atoms with E-state index in [1.807, 2.05) is 0 Å². The molecular weight excluding hydrogens is 608 g/mol. The van der Waals surface area contributed by atoms with E-state index >= 15 is 0 Å². The molecule has 20 heteroatoms. The van der Waals surface area contributed by atoms with Crippen molar-refractivity contribution in [2.24, 2.45) is 0 Å². The second-order valence-corrected chi connectivity index (χ2v) is 11.1. The Labute approximate surface area is 249 Å². The summed E-state index contributed by atoms with van der Waals surface area (Å²) in [4.78, 5) is 0. The molecule has 0 saturated carbocycles. The number of aliphatic hydroxyl groups is 13. The first-order valence-electron chi connectivity index (χ1n) is 14.0. The van der Waals surface area contributed by atoms with Gasteiger partial charge in [-0.3, -0.25) is 0 Å². The number of aliphatic hydroxyl groups excluding tert-OH is 13. The van der Waals surface area contributed by atoms with Crippen LogP contribution in [0.4, 0.5) is 0 Å². The summed E-state index contributed by atoms with van der Waals surface area (Å²) in [5.41, 5.74) is 0. The molecule has 4 fully saturated rings. The highest BCUT2D eigenvalue weighted by Crippen LogP contribution is 2.31. The van der Waals surface area contributed by atoms with Crippen molar-refractivity contribution < 1.29 is 99.5 Å². The lowest BCUT2D eigenvalue weighted by Crippen LogP contribution is -2.65. The SMILES string of the molecule is OC[C@H]1O[C@H](O[C@@H]2[C@@H](OC[C@H]3O[C@H](OC[C@H]4O[C@H](CO)[C@@H](O)[C@@H]4O)[C@@H](O)[C@@H](O)[C@@H]3O)O[C@H](CO)[C@@H](O)[C@@H]2O)[C@@H](O)[C@@H](O)[C@@H]1O. The lowest BCUT2D eigenvalue weighted by Gasteiger charge is -2.46. The van der Waals surface area contributed by atoms with Gasteiger partial charge < -0.3 is 99.5 Å². The van der Waals surface area contributed by atoms with E-state index in [2.05, 4.69) is 0 Å². The van der Waals surface area contributed by atoms with Crippen molar-refractivity contribution in [2.75, 3.05) is 33.0 Å². The largest absolute Gasteiger partial charge is 0.394 e. The molecule has 0 bridgehead atoms. The molecule has 4 rings (SSSR count). The molecule has 258 valence electrons. The zero-order chi connectivity index (χ0) is 32.5. The topological polar surface area (TPSA) is 328 Å². The summed E-state index contributed by atoms with van der Waals surface area (Å²) in [5, 5.41) is 131. The number of hydrogen-bond donors (Lipinski definition) is 13. The van der Waals surface area contributed by atoms with Crippen LogP contribution in [0, 0.1) is 0 Å². The zero-order valence-electron chi connectivity index (χ0n) is 23.2. The molecule has 0 amide bonds. The molecule has 13 N–H and O–H groups in total. The quantitative estimate of drug-likeness (QED) is 0.0987. The zero-order valence-corrected chi connectivity index (χ0v) is 23.2. The summed E-state index contributed by atoms with van der Waals surface area (Å²) < 4.78 is 38.2. The monoisotopic (exact) mass is 650 g/mol. The van der Waals surface area contributed by atoms with Gasteiger partial charge in [-0.1, -0.05) is 0 Å². The van der Waals surface area contributed by atoms with E-state index in [9.17, 15) is 66.4 Å². The maximum absolute atomic E-state index is 10.7. The van der Waals surface area contributed by atoms with Gasteiger partial charge in [0.05, 0.1) is 33.0 Å². The Morgan fingerprint density at radius 3 is 1.27 bits per heavy atom. The maximum atomic E-state index is 10.7. The molecule has 4 aliphatic heterocycles. The normalized spacial score (nSPS) is 51.9. The van der Waals surface area contributed by atoms with E-state index in [0.717, 1.165) is 0 Å². The van der Waals surface area contributed by atoms with Crippen LogP contribution in [0.1, 0.15) is 0 Å². The van der Waals surface area contributed by atoms with Gasteiger partial charge in [-0.05, 0) is 0 Å². The van der Waals surface area contributed by atoms with Gasteiger partial charge >= 0.3 is 0 Å². The Bertz CT molecular complexity index is 885. The Hall–Kier alpha value is -0.800. The average molecular weight is 651 g/mol. The summed E-state index contributed by atoms with van der Waals surface area (Å²) in [7, 11) is 0. The summed E-state index contributed by atoms with van der Waals surface area (Å²) in [6, 6.07) is 0. The molecule has 0 radical (unpaired) electrons. The molecule has 44 heavy (non-hydrogen) atoms. The van der Waals surface area contributed by atoms with Crippen LogP contribution in [-0.4, -0.2) is 216 Å². The van der Waals surface area contributed by atoms with Gasteiger partial charge in [-0.2, -0.15) is 0 Å². The minimum atomic E-state index is -1.90. The third kappa shape index (κ3) is 7.35. The number of rotatable bonds is 11. The summed E-state index contributed by atoms with van der Waals surface area (Å²) >= 11 is 0. The van der Waals surface area contributed by atoms with Crippen LogP contribution in [0.3, 0.4) is 0 Å². The molecule has 0 unspecified atom stereocenters. The van der Waals surface area contributed by atoms with Crippen LogP contribution in [-0.2, 0) is 33.2 Å². The molecule has 20 nitrogen and oxygen atoms in total. The first-order valence-corrected chi connectivity index (χ1v) is 14.0. The molecule has 19 atom stereocenters. The van der Waals surface area contributed by atoms with Gasteiger partial charge in [0.1, 0.15) is 97.7 Å². The van der Waals surface area contributed by atoms with Gasteiger partial charge in [-0.25, -0.2) is 0 Å². The molecule has 4 aliphatic rings.